The summed E-state index contributed by atoms with van der Waals surface area (Å²) in [6, 6.07) is 5.29. The van der Waals surface area contributed by atoms with E-state index in [4.69, 9.17) is 4.42 Å². The molecule has 0 spiro atoms. The summed E-state index contributed by atoms with van der Waals surface area (Å²) in [7, 11) is 0. The predicted molar refractivity (Wildman–Crippen MR) is 86.0 cm³/mol. The zero-order valence-corrected chi connectivity index (χ0v) is 12.9. The van der Waals surface area contributed by atoms with Crippen molar-refractivity contribution < 1.29 is 9.21 Å². The van der Waals surface area contributed by atoms with Gasteiger partial charge in [-0.05, 0) is 74.0 Å². The summed E-state index contributed by atoms with van der Waals surface area (Å²) < 4.78 is 5.00. The maximum Gasteiger partial charge on any atom is 0.417 e. The number of rotatable bonds is 2. The van der Waals surface area contributed by atoms with Gasteiger partial charge in [-0.25, -0.2) is 4.79 Å². The molecule has 1 amide bonds. The molecule has 23 heavy (non-hydrogen) atoms. The molecule has 1 aromatic heterocycles. The molecule has 0 aliphatic heterocycles. The van der Waals surface area contributed by atoms with E-state index in [0.29, 0.717) is 22.9 Å². The fraction of sp³-hybridized carbons (Fsp3) is 0.556. The third-order valence-corrected chi connectivity index (χ3v) is 6.22. The minimum Gasteiger partial charge on any atom is -0.408 e. The van der Waals surface area contributed by atoms with Gasteiger partial charge < -0.3 is 9.73 Å². The van der Waals surface area contributed by atoms with Crippen LogP contribution in [0.1, 0.15) is 32.1 Å². The van der Waals surface area contributed by atoms with Crippen molar-refractivity contribution in [3.05, 3.63) is 28.7 Å². The van der Waals surface area contributed by atoms with Crippen molar-refractivity contribution in [1.29, 1.82) is 0 Å². The van der Waals surface area contributed by atoms with Crippen molar-refractivity contribution in [2.75, 3.05) is 5.32 Å². The van der Waals surface area contributed by atoms with E-state index in [2.05, 4.69) is 10.3 Å². The van der Waals surface area contributed by atoms with E-state index in [1.54, 1.807) is 18.2 Å². The molecular formula is C18H20N2O3. The summed E-state index contributed by atoms with van der Waals surface area (Å²) in [5.41, 5.74) is 1.87. The van der Waals surface area contributed by atoms with Crippen molar-refractivity contribution in [3.8, 4) is 0 Å². The number of carbonyl (C=O) groups excluding carboxylic acids is 1. The summed E-state index contributed by atoms with van der Waals surface area (Å²) in [4.78, 5) is 26.7. The lowest BCUT2D eigenvalue weighted by Gasteiger charge is -2.53. The van der Waals surface area contributed by atoms with Gasteiger partial charge in [-0.1, -0.05) is 0 Å². The van der Waals surface area contributed by atoms with Crippen LogP contribution in [0.3, 0.4) is 0 Å². The van der Waals surface area contributed by atoms with E-state index in [1.165, 1.54) is 32.1 Å². The Morgan fingerprint density at radius 3 is 2.48 bits per heavy atom. The molecule has 6 rings (SSSR count). The molecule has 1 aromatic carbocycles. The normalized spacial score (nSPS) is 34.9. The highest BCUT2D eigenvalue weighted by molar-refractivity contribution is 5.94. The number of anilines is 1. The van der Waals surface area contributed by atoms with Gasteiger partial charge in [0.05, 0.1) is 5.52 Å². The second-order valence-corrected chi connectivity index (χ2v) is 7.67. The molecule has 4 bridgehead atoms. The number of aromatic amines is 1. The average Bonchev–Trinajstić information content (AvgIpc) is 2.85. The molecule has 0 radical (unpaired) electrons. The number of benzene rings is 1. The molecular weight excluding hydrogens is 292 g/mol. The average molecular weight is 312 g/mol. The summed E-state index contributed by atoms with van der Waals surface area (Å²) in [6.07, 6.45) is 6.34. The first-order chi connectivity index (χ1) is 11.2. The van der Waals surface area contributed by atoms with E-state index in [9.17, 15) is 9.59 Å². The van der Waals surface area contributed by atoms with Crippen LogP contribution in [0.5, 0.6) is 0 Å². The second kappa shape index (κ2) is 4.73. The van der Waals surface area contributed by atoms with Crippen molar-refractivity contribution in [2.24, 2.45) is 29.6 Å². The second-order valence-electron chi connectivity index (χ2n) is 7.67. The van der Waals surface area contributed by atoms with Crippen LogP contribution in [-0.4, -0.2) is 10.9 Å². The molecule has 0 saturated heterocycles. The third kappa shape index (κ3) is 2.13. The van der Waals surface area contributed by atoms with Crippen LogP contribution in [0.4, 0.5) is 5.69 Å². The van der Waals surface area contributed by atoms with Crippen LogP contribution in [0.2, 0.25) is 0 Å². The van der Waals surface area contributed by atoms with Gasteiger partial charge in [-0.3, -0.25) is 9.78 Å². The highest BCUT2D eigenvalue weighted by Gasteiger charge is 2.50. The zero-order valence-electron chi connectivity index (χ0n) is 12.9. The molecule has 5 heteroatoms. The van der Waals surface area contributed by atoms with E-state index in [-0.39, 0.29) is 11.8 Å². The Kier molecular flexibility index (Phi) is 2.75. The van der Waals surface area contributed by atoms with Gasteiger partial charge >= 0.3 is 5.76 Å². The number of oxazole rings is 1. The Morgan fingerprint density at radius 1 is 1.09 bits per heavy atom. The van der Waals surface area contributed by atoms with Crippen molar-refractivity contribution in [3.63, 3.8) is 0 Å². The molecule has 4 aliphatic carbocycles. The predicted octanol–water partition coefficient (Wildman–Crippen LogP) is 3.13. The Balaban J connectivity index is 1.39. The van der Waals surface area contributed by atoms with Crippen molar-refractivity contribution >= 4 is 22.7 Å². The van der Waals surface area contributed by atoms with Crippen LogP contribution < -0.4 is 11.1 Å². The van der Waals surface area contributed by atoms with Gasteiger partial charge in [-0.2, -0.15) is 0 Å². The summed E-state index contributed by atoms with van der Waals surface area (Å²) in [5, 5.41) is 3.07. The molecule has 1 heterocycles. The highest BCUT2D eigenvalue weighted by Crippen LogP contribution is 2.56. The molecule has 5 nitrogen and oxygen atoms in total. The van der Waals surface area contributed by atoms with Gasteiger partial charge in [0.1, 0.15) is 0 Å². The topological polar surface area (TPSA) is 75.1 Å². The summed E-state index contributed by atoms with van der Waals surface area (Å²) >= 11 is 0. The monoisotopic (exact) mass is 312 g/mol. The lowest BCUT2D eigenvalue weighted by atomic mass is 9.51. The Hall–Kier alpha value is -2.04. The molecule has 4 saturated carbocycles. The SMILES string of the molecule is O=C(Nc1ccc2oc(=O)[nH]c2c1)C1C2CC3CC(C2)CC1C3. The van der Waals surface area contributed by atoms with Crippen LogP contribution in [0.25, 0.3) is 11.1 Å². The van der Waals surface area contributed by atoms with Gasteiger partial charge in [-0.15, -0.1) is 0 Å². The molecule has 4 fully saturated rings. The Morgan fingerprint density at radius 2 is 1.78 bits per heavy atom. The van der Waals surface area contributed by atoms with Crippen LogP contribution >= 0.6 is 0 Å². The Bertz CT molecular complexity index is 806. The molecule has 2 aromatic rings. The number of carbonyl (C=O) groups is 1. The van der Waals surface area contributed by atoms with Gasteiger partial charge in [0.2, 0.25) is 5.91 Å². The first-order valence-corrected chi connectivity index (χ1v) is 8.59. The zero-order chi connectivity index (χ0) is 15.6. The maximum atomic E-state index is 12.8. The van der Waals surface area contributed by atoms with E-state index in [1.807, 2.05) is 0 Å². The molecule has 4 aliphatic rings. The third-order valence-electron chi connectivity index (χ3n) is 6.22. The number of H-pyrrole nitrogens is 1. The summed E-state index contributed by atoms with van der Waals surface area (Å²) in [5.74, 6) is 2.74. The van der Waals surface area contributed by atoms with E-state index in [0.717, 1.165) is 17.5 Å². The molecule has 0 atom stereocenters. The van der Waals surface area contributed by atoms with Gasteiger partial charge in [0, 0.05) is 11.6 Å². The lowest BCUT2D eigenvalue weighted by molar-refractivity contribution is -0.132. The van der Waals surface area contributed by atoms with Crippen molar-refractivity contribution in [2.45, 2.75) is 32.1 Å². The van der Waals surface area contributed by atoms with Gasteiger partial charge in [0.25, 0.3) is 0 Å². The quantitative estimate of drug-likeness (QED) is 0.894. The van der Waals surface area contributed by atoms with Crippen LogP contribution in [-0.2, 0) is 4.79 Å². The first-order valence-electron chi connectivity index (χ1n) is 8.59. The van der Waals surface area contributed by atoms with Crippen LogP contribution in [0, 0.1) is 29.6 Å². The molecule has 120 valence electrons. The van der Waals surface area contributed by atoms with Crippen molar-refractivity contribution in [1.82, 2.24) is 4.98 Å². The number of nitrogens with one attached hydrogen (secondary N) is 2. The number of hydrogen-bond donors (Lipinski definition) is 2. The number of hydrogen-bond acceptors (Lipinski definition) is 3. The first kappa shape index (κ1) is 13.4. The number of aromatic nitrogens is 1. The molecule has 2 N–H and O–H groups in total. The van der Waals surface area contributed by atoms with E-state index >= 15 is 0 Å². The Labute approximate surface area is 133 Å². The summed E-state index contributed by atoms with van der Waals surface area (Å²) in [6.45, 7) is 0. The number of amides is 1. The minimum atomic E-state index is -0.468. The van der Waals surface area contributed by atoms with Crippen LogP contribution in [0.15, 0.2) is 27.4 Å². The maximum absolute atomic E-state index is 12.8. The highest BCUT2D eigenvalue weighted by atomic mass is 16.4. The molecule has 0 unspecified atom stereocenters. The minimum absolute atomic E-state index is 0.156. The lowest BCUT2D eigenvalue weighted by Crippen LogP contribution is -2.49. The largest absolute Gasteiger partial charge is 0.417 e. The fourth-order valence-corrected chi connectivity index (χ4v) is 5.61. The smallest absolute Gasteiger partial charge is 0.408 e. The number of fused-ring (bicyclic) bond motifs is 1. The standard InChI is InChI=1S/C18H20N2O3/c21-17(16-11-4-9-3-10(6-11)7-12(16)5-9)19-13-1-2-15-14(8-13)20-18(22)23-15/h1-2,8-12,16H,3-7H2,(H,19,21)(H,20,22). The van der Waals surface area contributed by atoms with E-state index < -0.39 is 5.76 Å². The van der Waals surface area contributed by atoms with Gasteiger partial charge in [0.15, 0.2) is 5.58 Å². The fourth-order valence-electron chi connectivity index (χ4n) is 5.61.